The summed E-state index contributed by atoms with van der Waals surface area (Å²) < 4.78 is 1.75. The van der Waals surface area contributed by atoms with Crippen LogP contribution in [0.3, 0.4) is 0 Å². The molecule has 0 atom stereocenters. The van der Waals surface area contributed by atoms with Gasteiger partial charge in [-0.25, -0.2) is 15.0 Å². The third kappa shape index (κ3) is 1.31. The lowest BCUT2D eigenvalue weighted by Crippen LogP contribution is -2.03. The molecule has 0 aromatic carbocycles. The fourth-order valence-corrected chi connectivity index (χ4v) is 1.33. The Labute approximate surface area is 85.6 Å². The summed E-state index contributed by atoms with van der Waals surface area (Å²) in [6, 6.07) is 0. The SMILES string of the molecule is Cc1nccn1-c1ncnc(N)c1Cl. The van der Waals surface area contributed by atoms with E-state index in [1.807, 2.05) is 6.92 Å². The summed E-state index contributed by atoms with van der Waals surface area (Å²) in [7, 11) is 0. The van der Waals surface area contributed by atoms with Gasteiger partial charge in [-0.05, 0) is 6.92 Å². The predicted octanol–water partition coefficient (Wildman–Crippen LogP) is 1.21. The average Bonchev–Trinajstić information content (AvgIpc) is 2.57. The van der Waals surface area contributed by atoms with Crippen molar-refractivity contribution in [1.82, 2.24) is 19.5 Å². The minimum atomic E-state index is 0.268. The van der Waals surface area contributed by atoms with Crippen molar-refractivity contribution in [1.29, 1.82) is 0 Å². The summed E-state index contributed by atoms with van der Waals surface area (Å²) in [6.45, 7) is 1.86. The number of nitrogens with two attached hydrogens (primary N) is 1. The minimum absolute atomic E-state index is 0.268. The third-order valence-corrected chi connectivity index (χ3v) is 2.21. The second-order valence-electron chi connectivity index (χ2n) is 2.74. The maximum Gasteiger partial charge on any atom is 0.162 e. The van der Waals surface area contributed by atoms with Crippen LogP contribution in [0.1, 0.15) is 5.82 Å². The zero-order valence-electron chi connectivity index (χ0n) is 7.48. The van der Waals surface area contributed by atoms with E-state index in [1.165, 1.54) is 6.33 Å². The molecule has 0 unspecified atom stereocenters. The molecule has 5 nitrogen and oxygen atoms in total. The Kier molecular flexibility index (Phi) is 2.09. The van der Waals surface area contributed by atoms with Crippen molar-refractivity contribution in [3.63, 3.8) is 0 Å². The van der Waals surface area contributed by atoms with Gasteiger partial charge >= 0.3 is 0 Å². The highest BCUT2D eigenvalue weighted by Crippen LogP contribution is 2.22. The van der Waals surface area contributed by atoms with Gasteiger partial charge in [0.1, 0.15) is 23.0 Å². The van der Waals surface area contributed by atoms with Crippen LogP contribution < -0.4 is 5.73 Å². The molecule has 2 N–H and O–H groups in total. The lowest BCUT2D eigenvalue weighted by molar-refractivity contribution is 0.922. The quantitative estimate of drug-likeness (QED) is 0.767. The Hall–Kier alpha value is -1.62. The van der Waals surface area contributed by atoms with Crippen LogP contribution in [0.25, 0.3) is 5.82 Å². The Morgan fingerprint density at radius 2 is 2.14 bits per heavy atom. The third-order valence-electron chi connectivity index (χ3n) is 1.85. The Morgan fingerprint density at radius 3 is 2.79 bits per heavy atom. The lowest BCUT2D eigenvalue weighted by atomic mass is 10.5. The summed E-state index contributed by atoms with van der Waals surface area (Å²) in [5.74, 6) is 1.61. The minimum Gasteiger partial charge on any atom is -0.382 e. The van der Waals surface area contributed by atoms with Gasteiger partial charge in [0, 0.05) is 12.4 Å². The molecule has 2 aromatic heterocycles. The van der Waals surface area contributed by atoms with Crippen LogP contribution in [0.15, 0.2) is 18.7 Å². The number of anilines is 1. The van der Waals surface area contributed by atoms with Gasteiger partial charge in [-0.1, -0.05) is 11.6 Å². The molecule has 0 aliphatic heterocycles. The molecule has 0 saturated carbocycles. The molecule has 0 fully saturated rings. The number of aromatic nitrogens is 4. The van der Waals surface area contributed by atoms with Gasteiger partial charge in [0.05, 0.1) is 0 Å². The monoisotopic (exact) mass is 209 g/mol. The summed E-state index contributed by atoms with van der Waals surface area (Å²) in [5, 5.41) is 0.341. The fourth-order valence-electron chi connectivity index (χ4n) is 1.14. The first-order valence-electron chi connectivity index (χ1n) is 3.96. The van der Waals surface area contributed by atoms with Crippen molar-refractivity contribution in [2.24, 2.45) is 0 Å². The van der Waals surface area contributed by atoms with Gasteiger partial charge in [0.25, 0.3) is 0 Å². The Bertz CT molecular complexity index is 465. The van der Waals surface area contributed by atoms with Crippen molar-refractivity contribution in [2.75, 3.05) is 5.73 Å². The van der Waals surface area contributed by atoms with E-state index < -0.39 is 0 Å². The second kappa shape index (κ2) is 3.26. The van der Waals surface area contributed by atoms with Crippen LogP contribution in [-0.4, -0.2) is 19.5 Å². The van der Waals surface area contributed by atoms with Gasteiger partial charge in [0.2, 0.25) is 0 Å². The van der Waals surface area contributed by atoms with Gasteiger partial charge in [-0.3, -0.25) is 4.57 Å². The highest BCUT2D eigenvalue weighted by molar-refractivity contribution is 6.34. The molecule has 14 heavy (non-hydrogen) atoms. The van der Waals surface area contributed by atoms with E-state index >= 15 is 0 Å². The number of imidazole rings is 1. The smallest absolute Gasteiger partial charge is 0.162 e. The highest BCUT2D eigenvalue weighted by Gasteiger charge is 2.09. The van der Waals surface area contributed by atoms with Crippen LogP contribution in [0.4, 0.5) is 5.82 Å². The molecule has 2 rings (SSSR count). The van der Waals surface area contributed by atoms with Gasteiger partial charge in [-0.2, -0.15) is 0 Å². The molecule has 2 aromatic rings. The number of halogens is 1. The molecule has 0 amide bonds. The first kappa shape index (κ1) is 8.96. The molecular weight excluding hydrogens is 202 g/mol. The van der Waals surface area contributed by atoms with Gasteiger partial charge < -0.3 is 5.73 Å². The summed E-state index contributed by atoms with van der Waals surface area (Å²) in [6.07, 6.45) is 4.81. The number of aryl methyl sites for hydroxylation is 1. The predicted molar refractivity (Wildman–Crippen MR) is 53.3 cm³/mol. The fraction of sp³-hybridized carbons (Fsp3) is 0.125. The molecule has 72 valence electrons. The van der Waals surface area contributed by atoms with E-state index in [2.05, 4.69) is 15.0 Å². The normalized spacial score (nSPS) is 10.4. The van der Waals surface area contributed by atoms with Crippen LogP contribution in [0, 0.1) is 6.92 Å². The van der Waals surface area contributed by atoms with Crippen molar-refractivity contribution >= 4 is 17.4 Å². The van der Waals surface area contributed by atoms with Crippen molar-refractivity contribution < 1.29 is 0 Å². The summed E-state index contributed by atoms with van der Waals surface area (Å²) in [4.78, 5) is 11.9. The molecule has 0 radical (unpaired) electrons. The molecule has 6 heteroatoms. The molecular formula is C8H8ClN5. The maximum absolute atomic E-state index is 5.96. The number of hydrogen-bond donors (Lipinski definition) is 1. The summed E-state index contributed by atoms with van der Waals surface area (Å²) in [5.41, 5.74) is 5.56. The number of nitrogen functional groups attached to an aromatic ring is 1. The van der Waals surface area contributed by atoms with Crippen molar-refractivity contribution in [3.8, 4) is 5.82 Å². The van der Waals surface area contributed by atoms with E-state index in [1.54, 1.807) is 17.0 Å². The Morgan fingerprint density at radius 1 is 1.36 bits per heavy atom. The highest BCUT2D eigenvalue weighted by atomic mass is 35.5. The van der Waals surface area contributed by atoms with Gasteiger partial charge in [-0.15, -0.1) is 0 Å². The van der Waals surface area contributed by atoms with Crippen LogP contribution in [0.2, 0.25) is 5.02 Å². The van der Waals surface area contributed by atoms with Crippen molar-refractivity contribution in [2.45, 2.75) is 6.92 Å². The second-order valence-corrected chi connectivity index (χ2v) is 3.12. The molecule has 0 saturated heterocycles. The standard InChI is InChI=1S/C8H8ClN5/c1-5-11-2-3-14(5)8-6(9)7(10)12-4-13-8/h2-4H,1H3,(H2,10,12,13). The van der Waals surface area contributed by atoms with Gasteiger partial charge in [0.15, 0.2) is 5.82 Å². The van der Waals surface area contributed by atoms with Crippen molar-refractivity contribution in [3.05, 3.63) is 29.6 Å². The zero-order valence-corrected chi connectivity index (χ0v) is 8.23. The zero-order chi connectivity index (χ0) is 10.1. The van der Waals surface area contributed by atoms with E-state index in [0.717, 1.165) is 5.82 Å². The molecule has 0 aliphatic rings. The molecule has 2 heterocycles. The average molecular weight is 210 g/mol. The van der Waals surface area contributed by atoms with E-state index in [-0.39, 0.29) is 5.82 Å². The lowest BCUT2D eigenvalue weighted by Gasteiger charge is -2.06. The molecule has 0 bridgehead atoms. The van der Waals surface area contributed by atoms with E-state index in [0.29, 0.717) is 10.8 Å². The number of rotatable bonds is 1. The largest absolute Gasteiger partial charge is 0.382 e. The topological polar surface area (TPSA) is 69.6 Å². The summed E-state index contributed by atoms with van der Waals surface area (Å²) >= 11 is 5.96. The van der Waals surface area contributed by atoms with E-state index in [9.17, 15) is 0 Å². The van der Waals surface area contributed by atoms with E-state index in [4.69, 9.17) is 17.3 Å². The maximum atomic E-state index is 5.96. The first-order valence-corrected chi connectivity index (χ1v) is 4.34. The number of nitrogens with zero attached hydrogens (tertiary/aromatic N) is 4. The van der Waals surface area contributed by atoms with Crippen LogP contribution >= 0.6 is 11.6 Å². The molecule has 0 spiro atoms. The first-order chi connectivity index (χ1) is 6.70. The van der Waals surface area contributed by atoms with Crippen LogP contribution in [0.5, 0.6) is 0 Å². The molecule has 0 aliphatic carbocycles. The number of hydrogen-bond acceptors (Lipinski definition) is 4. The van der Waals surface area contributed by atoms with Crippen LogP contribution in [-0.2, 0) is 0 Å². The Balaban J connectivity index is 2.63.